The van der Waals surface area contributed by atoms with Crippen LogP contribution in [-0.2, 0) is 0 Å². The van der Waals surface area contributed by atoms with Crippen LogP contribution >= 0.6 is 0 Å². The molecule has 0 aromatic heterocycles. The standard InChI is InChI=1S/C18H23N/c1-5-18(19-4)16-8-6-7-15(12-16)17-11-13(2)9-10-14(17)3/h6-12,18-19H,5H2,1-4H3. The highest BCUT2D eigenvalue weighted by Crippen LogP contribution is 2.27. The zero-order valence-corrected chi connectivity index (χ0v) is 12.3. The fourth-order valence-corrected chi connectivity index (χ4v) is 2.58. The molecule has 1 unspecified atom stereocenters. The van der Waals surface area contributed by atoms with E-state index in [4.69, 9.17) is 0 Å². The Morgan fingerprint density at radius 3 is 2.53 bits per heavy atom. The quantitative estimate of drug-likeness (QED) is 0.837. The first-order valence-electron chi connectivity index (χ1n) is 7.00. The molecule has 0 spiro atoms. The van der Waals surface area contributed by atoms with Crippen LogP contribution in [0, 0.1) is 13.8 Å². The van der Waals surface area contributed by atoms with Gasteiger partial charge in [-0.15, -0.1) is 0 Å². The Labute approximate surface area is 116 Å². The molecule has 100 valence electrons. The van der Waals surface area contributed by atoms with E-state index in [2.05, 4.69) is 68.6 Å². The van der Waals surface area contributed by atoms with E-state index in [0.29, 0.717) is 6.04 Å². The van der Waals surface area contributed by atoms with E-state index in [-0.39, 0.29) is 0 Å². The predicted octanol–water partition coefficient (Wildman–Crippen LogP) is 4.64. The average molecular weight is 253 g/mol. The highest BCUT2D eigenvalue weighted by Gasteiger charge is 2.08. The predicted molar refractivity (Wildman–Crippen MR) is 83.4 cm³/mol. The summed E-state index contributed by atoms with van der Waals surface area (Å²) in [6.07, 6.45) is 1.10. The number of hydrogen-bond acceptors (Lipinski definition) is 1. The average Bonchev–Trinajstić information content (AvgIpc) is 2.43. The zero-order chi connectivity index (χ0) is 13.8. The van der Waals surface area contributed by atoms with Crippen LogP contribution in [0.2, 0.25) is 0 Å². The van der Waals surface area contributed by atoms with Gasteiger partial charge in [-0.2, -0.15) is 0 Å². The molecule has 1 atom stereocenters. The van der Waals surface area contributed by atoms with E-state index < -0.39 is 0 Å². The smallest absolute Gasteiger partial charge is 0.0315 e. The van der Waals surface area contributed by atoms with Crippen molar-refractivity contribution in [2.45, 2.75) is 33.2 Å². The highest BCUT2D eigenvalue weighted by atomic mass is 14.9. The first-order valence-corrected chi connectivity index (χ1v) is 7.00. The maximum Gasteiger partial charge on any atom is 0.0315 e. The van der Waals surface area contributed by atoms with E-state index in [1.165, 1.54) is 27.8 Å². The van der Waals surface area contributed by atoms with Crippen LogP contribution in [0.25, 0.3) is 11.1 Å². The number of rotatable bonds is 4. The van der Waals surface area contributed by atoms with Gasteiger partial charge < -0.3 is 5.32 Å². The maximum absolute atomic E-state index is 3.37. The van der Waals surface area contributed by atoms with Gasteiger partial charge in [0, 0.05) is 6.04 Å². The molecule has 1 nitrogen and oxygen atoms in total. The molecule has 0 aliphatic rings. The van der Waals surface area contributed by atoms with Gasteiger partial charge in [0.15, 0.2) is 0 Å². The second-order valence-electron chi connectivity index (χ2n) is 5.19. The fraction of sp³-hybridized carbons (Fsp3) is 0.333. The van der Waals surface area contributed by atoms with E-state index >= 15 is 0 Å². The highest BCUT2D eigenvalue weighted by molar-refractivity contribution is 5.68. The lowest BCUT2D eigenvalue weighted by Crippen LogP contribution is -2.15. The van der Waals surface area contributed by atoms with Crippen molar-refractivity contribution in [3.63, 3.8) is 0 Å². The van der Waals surface area contributed by atoms with Crippen LogP contribution in [-0.4, -0.2) is 7.05 Å². The van der Waals surface area contributed by atoms with Crippen molar-refractivity contribution in [3.8, 4) is 11.1 Å². The van der Waals surface area contributed by atoms with Gasteiger partial charge in [0.05, 0.1) is 0 Å². The first kappa shape index (κ1) is 13.8. The Kier molecular flexibility index (Phi) is 4.39. The molecule has 1 heteroatoms. The molecule has 0 aliphatic heterocycles. The molecule has 1 N–H and O–H groups in total. The van der Waals surface area contributed by atoms with Gasteiger partial charge in [0.25, 0.3) is 0 Å². The molecule has 0 aliphatic carbocycles. The van der Waals surface area contributed by atoms with Crippen LogP contribution in [0.4, 0.5) is 0 Å². The van der Waals surface area contributed by atoms with Gasteiger partial charge in [-0.3, -0.25) is 0 Å². The summed E-state index contributed by atoms with van der Waals surface area (Å²) in [6.45, 7) is 6.54. The Balaban J connectivity index is 2.45. The summed E-state index contributed by atoms with van der Waals surface area (Å²) in [5, 5.41) is 3.37. The van der Waals surface area contributed by atoms with Crippen molar-refractivity contribution in [2.75, 3.05) is 7.05 Å². The van der Waals surface area contributed by atoms with Crippen molar-refractivity contribution in [3.05, 3.63) is 59.2 Å². The van der Waals surface area contributed by atoms with Crippen molar-refractivity contribution in [1.82, 2.24) is 5.32 Å². The largest absolute Gasteiger partial charge is 0.313 e. The Bertz CT molecular complexity index is 553. The molecule has 0 bridgehead atoms. The molecule has 0 fully saturated rings. The summed E-state index contributed by atoms with van der Waals surface area (Å²) in [5.74, 6) is 0. The van der Waals surface area contributed by atoms with Gasteiger partial charge in [-0.25, -0.2) is 0 Å². The molecular weight excluding hydrogens is 230 g/mol. The fourth-order valence-electron chi connectivity index (χ4n) is 2.58. The summed E-state index contributed by atoms with van der Waals surface area (Å²) >= 11 is 0. The second kappa shape index (κ2) is 6.03. The van der Waals surface area contributed by atoms with Crippen molar-refractivity contribution >= 4 is 0 Å². The third-order valence-electron chi connectivity index (χ3n) is 3.75. The van der Waals surface area contributed by atoms with Gasteiger partial charge in [-0.1, -0.05) is 48.9 Å². The molecule has 0 radical (unpaired) electrons. The van der Waals surface area contributed by atoms with E-state index in [1.807, 2.05) is 7.05 Å². The minimum absolute atomic E-state index is 0.435. The van der Waals surface area contributed by atoms with Gasteiger partial charge in [0.2, 0.25) is 0 Å². The third-order valence-corrected chi connectivity index (χ3v) is 3.75. The Hall–Kier alpha value is -1.60. The molecule has 19 heavy (non-hydrogen) atoms. The Morgan fingerprint density at radius 2 is 1.84 bits per heavy atom. The minimum Gasteiger partial charge on any atom is -0.313 e. The van der Waals surface area contributed by atoms with Crippen molar-refractivity contribution < 1.29 is 0 Å². The summed E-state index contributed by atoms with van der Waals surface area (Å²) in [7, 11) is 2.03. The lowest BCUT2D eigenvalue weighted by Gasteiger charge is -2.16. The number of nitrogens with one attached hydrogen (secondary N) is 1. The topological polar surface area (TPSA) is 12.0 Å². The van der Waals surface area contributed by atoms with Crippen molar-refractivity contribution in [1.29, 1.82) is 0 Å². The molecule has 2 aromatic carbocycles. The third kappa shape index (κ3) is 3.05. The normalized spacial score (nSPS) is 12.4. The van der Waals surface area contributed by atoms with E-state index in [0.717, 1.165) is 6.42 Å². The molecule has 2 rings (SSSR count). The monoisotopic (exact) mass is 253 g/mol. The van der Waals surface area contributed by atoms with Crippen LogP contribution in [0.15, 0.2) is 42.5 Å². The SMILES string of the molecule is CCC(NC)c1cccc(-c2cc(C)ccc2C)c1. The van der Waals surface area contributed by atoms with Crippen LogP contribution in [0.5, 0.6) is 0 Å². The number of aryl methyl sites for hydroxylation is 2. The lowest BCUT2D eigenvalue weighted by atomic mass is 9.95. The van der Waals surface area contributed by atoms with Gasteiger partial charge >= 0.3 is 0 Å². The van der Waals surface area contributed by atoms with Crippen LogP contribution in [0.3, 0.4) is 0 Å². The lowest BCUT2D eigenvalue weighted by molar-refractivity contribution is 0.577. The maximum atomic E-state index is 3.37. The summed E-state index contributed by atoms with van der Waals surface area (Å²) in [5.41, 5.74) is 6.66. The molecule has 0 saturated heterocycles. The number of benzene rings is 2. The Morgan fingerprint density at radius 1 is 1.05 bits per heavy atom. The van der Waals surface area contributed by atoms with E-state index in [9.17, 15) is 0 Å². The zero-order valence-electron chi connectivity index (χ0n) is 12.3. The van der Waals surface area contributed by atoms with E-state index in [1.54, 1.807) is 0 Å². The molecule has 0 heterocycles. The van der Waals surface area contributed by atoms with Crippen LogP contribution < -0.4 is 5.32 Å². The van der Waals surface area contributed by atoms with Gasteiger partial charge in [0.1, 0.15) is 0 Å². The summed E-state index contributed by atoms with van der Waals surface area (Å²) < 4.78 is 0. The van der Waals surface area contributed by atoms with Crippen LogP contribution in [0.1, 0.15) is 36.1 Å². The summed E-state index contributed by atoms with van der Waals surface area (Å²) in [6, 6.07) is 16.0. The van der Waals surface area contributed by atoms with Gasteiger partial charge in [-0.05, 0) is 55.6 Å². The second-order valence-corrected chi connectivity index (χ2v) is 5.19. The molecule has 2 aromatic rings. The summed E-state index contributed by atoms with van der Waals surface area (Å²) in [4.78, 5) is 0. The minimum atomic E-state index is 0.435. The first-order chi connectivity index (χ1) is 9.15. The van der Waals surface area contributed by atoms with Crippen molar-refractivity contribution in [2.24, 2.45) is 0 Å². The number of hydrogen-bond donors (Lipinski definition) is 1. The molecule has 0 amide bonds. The molecular formula is C18H23N. The molecule has 0 saturated carbocycles.